The second-order valence-corrected chi connectivity index (χ2v) is 6.34. The van der Waals surface area contributed by atoms with Crippen LogP contribution in [0.1, 0.15) is 16.8 Å². The first kappa shape index (κ1) is 15.3. The highest BCUT2D eigenvalue weighted by Crippen LogP contribution is 2.22. The van der Waals surface area contributed by atoms with E-state index < -0.39 is 15.8 Å². The van der Waals surface area contributed by atoms with Gasteiger partial charge in [-0.1, -0.05) is 0 Å². The molecule has 1 aromatic carbocycles. The molecule has 0 bridgehead atoms. The van der Waals surface area contributed by atoms with Gasteiger partial charge >= 0.3 is 5.97 Å². The zero-order valence-corrected chi connectivity index (χ0v) is 11.7. The number of carbonyl (C=O) groups is 1. The topological polar surface area (TPSA) is 95.7 Å². The molecule has 7 heteroatoms. The molecule has 0 heterocycles. The molecule has 0 atom stereocenters. The molecule has 0 saturated heterocycles. The summed E-state index contributed by atoms with van der Waals surface area (Å²) >= 11 is 0. The van der Waals surface area contributed by atoms with E-state index in [0.717, 1.165) is 6.26 Å². The van der Waals surface area contributed by atoms with Crippen molar-refractivity contribution in [3.05, 3.63) is 23.8 Å². The first-order chi connectivity index (χ1) is 8.83. The zero-order valence-electron chi connectivity index (χ0n) is 10.9. The normalized spacial score (nSPS) is 11.1. The largest absolute Gasteiger partial charge is 0.495 e. The number of methoxy groups -OCH3 is 1. The summed E-state index contributed by atoms with van der Waals surface area (Å²) in [5, 5.41) is 0. The molecule has 19 heavy (non-hydrogen) atoms. The van der Waals surface area contributed by atoms with Crippen molar-refractivity contribution in [3.63, 3.8) is 0 Å². The van der Waals surface area contributed by atoms with E-state index in [0.29, 0.717) is 17.0 Å². The smallest absolute Gasteiger partial charge is 0.338 e. The molecule has 106 valence electrons. The van der Waals surface area contributed by atoms with Crippen LogP contribution in [0.5, 0.6) is 5.75 Å². The maximum absolute atomic E-state index is 11.7. The Morgan fingerprint density at radius 2 is 2.05 bits per heavy atom. The lowest BCUT2D eigenvalue weighted by Gasteiger charge is -2.07. The molecule has 0 radical (unpaired) electrons. The lowest BCUT2D eigenvalue weighted by atomic mass is 10.2. The van der Waals surface area contributed by atoms with Crippen LogP contribution < -0.4 is 10.5 Å². The fourth-order valence-electron chi connectivity index (χ4n) is 1.41. The van der Waals surface area contributed by atoms with Crippen molar-refractivity contribution in [3.8, 4) is 5.75 Å². The van der Waals surface area contributed by atoms with Crippen molar-refractivity contribution >= 4 is 21.5 Å². The van der Waals surface area contributed by atoms with Crippen molar-refractivity contribution < 1.29 is 22.7 Å². The molecule has 0 fully saturated rings. The van der Waals surface area contributed by atoms with Crippen LogP contribution in [0.25, 0.3) is 0 Å². The third-order valence-corrected chi connectivity index (χ3v) is 3.39. The van der Waals surface area contributed by atoms with E-state index in [1.165, 1.54) is 19.2 Å². The van der Waals surface area contributed by atoms with Crippen LogP contribution >= 0.6 is 0 Å². The molecule has 1 aromatic rings. The van der Waals surface area contributed by atoms with Crippen molar-refractivity contribution in [2.45, 2.75) is 6.42 Å². The lowest BCUT2D eigenvalue weighted by molar-refractivity contribution is 0.0505. The molecule has 1 rings (SSSR count). The number of rotatable bonds is 6. The summed E-state index contributed by atoms with van der Waals surface area (Å²) in [6.45, 7) is 0.0542. The van der Waals surface area contributed by atoms with Crippen LogP contribution in [0, 0.1) is 0 Å². The fraction of sp³-hybridized carbons (Fsp3) is 0.417. The van der Waals surface area contributed by atoms with Gasteiger partial charge in [0.1, 0.15) is 15.6 Å². The van der Waals surface area contributed by atoms with Gasteiger partial charge in [-0.3, -0.25) is 0 Å². The number of ether oxygens (including phenoxy) is 2. The summed E-state index contributed by atoms with van der Waals surface area (Å²) in [6.07, 6.45) is 1.41. The lowest BCUT2D eigenvalue weighted by Crippen LogP contribution is -2.11. The first-order valence-electron chi connectivity index (χ1n) is 5.62. The number of hydrogen-bond acceptors (Lipinski definition) is 6. The highest BCUT2D eigenvalue weighted by Gasteiger charge is 2.10. The van der Waals surface area contributed by atoms with E-state index in [1.54, 1.807) is 6.07 Å². The second-order valence-electron chi connectivity index (χ2n) is 4.08. The molecule has 0 aromatic heterocycles. The number of nitrogens with two attached hydrogens (primary N) is 1. The summed E-state index contributed by atoms with van der Waals surface area (Å²) in [5.41, 5.74) is 6.36. The molecule has 0 saturated carbocycles. The van der Waals surface area contributed by atoms with E-state index >= 15 is 0 Å². The molecular weight excluding hydrogens is 270 g/mol. The second kappa shape index (κ2) is 6.42. The van der Waals surface area contributed by atoms with Crippen LogP contribution in [0.15, 0.2) is 18.2 Å². The van der Waals surface area contributed by atoms with E-state index in [1.807, 2.05) is 0 Å². The fourth-order valence-corrected chi connectivity index (χ4v) is 2.05. The number of anilines is 1. The number of benzene rings is 1. The summed E-state index contributed by atoms with van der Waals surface area (Å²) in [4.78, 5) is 11.7. The Balaban J connectivity index is 2.54. The van der Waals surface area contributed by atoms with Crippen LogP contribution in [0.3, 0.4) is 0 Å². The van der Waals surface area contributed by atoms with Gasteiger partial charge in [-0.25, -0.2) is 13.2 Å². The predicted molar refractivity (Wildman–Crippen MR) is 72.0 cm³/mol. The Hall–Kier alpha value is -1.76. The van der Waals surface area contributed by atoms with Gasteiger partial charge in [0.15, 0.2) is 0 Å². The number of nitrogen functional groups attached to an aromatic ring is 1. The molecule has 2 N–H and O–H groups in total. The van der Waals surface area contributed by atoms with Crippen molar-refractivity contribution in [1.82, 2.24) is 0 Å². The number of hydrogen-bond donors (Lipinski definition) is 1. The average molecular weight is 287 g/mol. The first-order valence-corrected chi connectivity index (χ1v) is 7.68. The predicted octanol–water partition coefficient (Wildman–Crippen LogP) is 0.869. The molecule has 0 aliphatic carbocycles. The van der Waals surface area contributed by atoms with E-state index in [-0.39, 0.29) is 18.8 Å². The van der Waals surface area contributed by atoms with Gasteiger partial charge in [-0.05, 0) is 24.6 Å². The Kier molecular flexibility index (Phi) is 5.17. The molecular formula is C12H17NO5S. The number of sulfone groups is 1. The minimum Gasteiger partial charge on any atom is -0.495 e. The molecule has 0 aliphatic heterocycles. The Labute approximate surface area is 112 Å². The van der Waals surface area contributed by atoms with Crippen LogP contribution in [-0.4, -0.2) is 40.1 Å². The quantitative estimate of drug-likeness (QED) is 0.474. The molecule has 6 nitrogen and oxygen atoms in total. The third kappa shape index (κ3) is 5.17. The molecule has 0 spiro atoms. The molecule has 0 aliphatic rings. The summed E-state index contributed by atoms with van der Waals surface area (Å²) < 4.78 is 31.7. The van der Waals surface area contributed by atoms with Crippen molar-refractivity contribution in [1.29, 1.82) is 0 Å². The minimum absolute atomic E-state index is 0.00859. The average Bonchev–Trinajstić information content (AvgIpc) is 2.33. The van der Waals surface area contributed by atoms with E-state index in [9.17, 15) is 13.2 Å². The van der Waals surface area contributed by atoms with Gasteiger partial charge in [-0.15, -0.1) is 0 Å². The summed E-state index contributed by atoms with van der Waals surface area (Å²) in [7, 11) is -1.58. The van der Waals surface area contributed by atoms with Gasteiger partial charge in [0.25, 0.3) is 0 Å². The SMILES string of the molecule is COc1cc(C(=O)OCCCS(C)(=O)=O)ccc1N. The Morgan fingerprint density at radius 3 is 2.63 bits per heavy atom. The number of esters is 1. The summed E-state index contributed by atoms with van der Waals surface area (Å²) in [5.74, 6) is -0.150. The van der Waals surface area contributed by atoms with Gasteiger partial charge in [0.2, 0.25) is 0 Å². The van der Waals surface area contributed by atoms with E-state index in [2.05, 4.69) is 0 Å². The molecule has 0 unspecified atom stereocenters. The molecule has 0 amide bonds. The van der Waals surface area contributed by atoms with Gasteiger partial charge in [0, 0.05) is 6.26 Å². The van der Waals surface area contributed by atoms with Crippen molar-refractivity contribution in [2.75, 3.05) is 31.5 Å². The standard InChI is InChI=1S/C12H17NO5S/c1-17-11-8-9(4-5-10(11)13)12(14)18-6-3-7-19(2,15)16/h4-5,8H,3,6-7,13H2,1-2H3. The maximum atomic E-state index is 11.7. The number of carbonyl (C=O) groups excluding carboxylic acids is 1. The van der Waals surface area contributed by atoms with Gasteiger partial charge < -0.3 is 15.2 Å². The van der Waals surface area contributed by atoms with Gasteiger partial charge in [0.05, 0.1) is 30.7 Å². The van der Waals surface area contributed by atoms with Crippen LogP contribution in [0.2, 0.25) is 0 Å². The monoisotopic (exact) mass is 287 g/mol. The Bertz CT molecular complexity index is 553. The van der Waals surface area contributed by atoms with E-state index in [4.69, 9.17) is 15.2 Å². The zero-order chi connectivity index (χ0) is 14.5. The minimum atomic E-state index is -3.03. The van der Waals surface area contributed by atoms with Crippen molar-refractivity contribution in [2.24, 2.45) is 0 Å². The van der Waals surface area contributed by atoms with Gasteiger partial charge in [-0.2, -0.15) is 0 Å². The van der Waals surface area contributed by atoms with Crippen LogP contribution in [-0.2, 0) is 14.6 Å². The highest BCUT2D eigenvalue weighted by molar-refractivity contribution is 7.90. The third-order valence-electron chi connectivity index (χ3n) is 2.36. The maximum Gasteiger partial charge on any atom is 0.338 e. The summed E-state index contributed by atoms with van der Waals surface area (Å²) in [6, 6.07) is 4.55. The Morgan fingerprint density at radius 1 is 1.37 bits per heavy atom. The highest BCUT2D eigenvalue weighted by atomic mass is 32.2. The van der Waals surface area contributed by atoms with Crippen LogP contribution in [0.4, 0.5) is 5.69 Å².